The van der Waals surface area contributed by atoms with Gasteiger partial charge in [-0.15, -0.1) is 0 Å². The van der Waals surface area contributed by atoms with Crippen LogP contribution in [-0.2, 0) is 14.4 Å². The molecule has 7 atom stereocenters. The molecular weight excluding hydrogens is 332 g/mol. The molecule has 0 aromatic heterocycles. The fraction of sp³-hybridized carbons (Fsp3) is 0.762. The number of Topliss-reactive ketones (excluding diaryl/α,β-unsaturated/α-hetero) is 2. The summed E-state index contributed by atoms with van der Waals surface area (Å²) in [5.74, 6) is -0.144. The molecule has 0 aromatic rings. The summed E-state index contributed by atoms with van der Waals surface area (Å²) in [7, 11) is 0. The van der Waals surface area contributed by atoms with Gasteiger partial charge in [0, 0.05) is 30.1 Å². The first-order chi connectivity index (χ1) is 12.2. The van der Waals surface area contributed by atoms with Crippen LogP contribution in [-0.4, -0.2) is 40.3 Å². The second kappa shape index (κ2) is 5.83. The molecule has 0 radical (unpaired) electrons. The number of hydrogen-bond donors (Lipinski definition) is 2. The van der Waals surface area contributed by atoms with Crippen LogP contribution in [0, 0.1) is 34.5 Å². The molecule has 4 aliphatic carbocycles. The van der Waals surface area contributed by atoms with E-state index in [-0.39, 0.29) is 41.0 Å². The lowest BCUT2D eigenvalue weighted by Crippen LogP contribution is -2.58. The van der Waals surface area contributed by atoms with Crippen LogP contribution in [0.15, 0.2) is 11.6 Å². The van der Waals surface area contributed by atoms with E-state index in [0.717, 1.165) is 12.0 Å². The van der Waals surface area contributed by atoms with E-state index in [1.807, 2.05) is 13.8 Å². The molecule has 3 saturated carbocycles. The van der Waals surface area contributed by atoms with Gasteiger partial charge in [0.05, 0.1) is 6.10 Å². The van der Waals surface area contributed by atoms with Gasteiger partial charge in [0.1, 0.15) is 12.4 Å². The molecule has 2 N–H and O–H groups in total. The Morgan fingerprint density at radius 1 is 1.27 bits per heavy atom. The van der Waals surface area contributed by atoms with Gasteiger partial charge in [-0.2, -0.15) is 0 Å². The third-order valence-electron chi connectivity index (χ3n) is 8.21. The second-order valence-electron chi connectivity index (χ2n) is 9.39. The van der Waals surface area contributed by atoms with Crippen LogP contribution in [0.2, 0.25) is 0 Å². The summed E-state index contributed by atoms with van der Waals surface area (Å²) in [4.78, 5) is 37.5. The van der Waals surface area contributed by atoms with Crippen molar-refractivity contribution in [3.05, 3.63) is 11.6 Å². The maximum atomic E-state index is 13.3. The molecule has 5 heteroatoms. The minimum Gasteiger partial charge on any atom is -0.389 e. The van der Waals surface area contributed by atoms with E-state index in [1.165, 1.54) is 0 Å². The number of aliphatic hydroxyl groups excluding tert-OH is 2. The topological polar surface area (TPSA) is 91.7 Å². The van der Waals surface area contributed by atoms with E-state index in [2.05, 4.69) is 0 Å². The fourth-order valence-corrected chi connectivity index (χ4v) is 7.08. The lowest BCUT2D eigenvalue weighted by molar-refractivity contribution is -0.152. The van der Waals surface area contributed by atoms with Gasteiger partial charge in [0.25, 0.3) is 0 Å². The van der Waals surface area contributed by atoms with Crippen molar-refractivity contribution in [2.75, 3.05) is 6.61 Å². The molecule has 0 amide bonds. The molecular formula is C21H28O5. The quantitative estimate of drug-likeness (QED) is 0.784. The molecule has 0 heterocycles. The number of aliphatic hydroxyl groups is 2. The van der Waals surface area contributed by atoms with E-state index < -0.39 is 23.5 Å². The number of carbonyl (C=O) groups is 3. The van der Waals surface area contributed by atoms with Gasteiger partial charge in [-0.3, -0.25) is 14.4 Å². The highest BCUT2D eigenvalue weighted by atomic mass is 16.3. The Morgan fingerprint density at radius 2 is 2.00 bits per heavy atom. The molecule has 26 heavy (non-hydrogen) atoms. The van der Waals surface area contributed by atoms with Crippen molar-refractivity contribution < 1.29 is 24.6 Å². The molecule has 142 valence electrons. The Balaban J connectivity index is 1.75. The lowest BCUT2D eigenvalue weighted by Gasteiger charge is -2.57. The number of rotatable bonds is 2. The minimum absolute atomic E-state index is 0.0394. The fourth-order valence-electron chi connectivity index (χ4n) is 7.08. The highest BCUT2D eigenvalue weighted by Crippen LogP contribution is 2.65. The van der Waals surface area contributed by atoms with E-state index in [9.17, 15) is 24.6 Å². The Labute approximate surface area is 153 Å². The maximum Gasteiger partial charge on any atom is 0.161 e. The first kappa shape index (κ1) is 18.1. The first-order valence-corrected chi connectivity index (χ1v) is 9.81. The molecule has 0 saturated heterocycles. The van der Waals surface area contributed by atoms with Gasteiger partial charge in [-0.25, -0.2) is 0 Å². The summed E-state index contributed by atoms with van der Waals surface area (Å²) < 4.78 is 0. The lowest BCUT2D eigenvalue weighted by atomic mass is 9.46. The van der Waals surface area contributed by atoms with E-state index >= 15 is 0 Å². The molecule has 0 bridgehead atoms. The van der Waals surface area contributed by atoms with Crippen LogP contribution >= 0.6 is 0 Å². The average molecular weight is 360 g/mol. The van der Waals surface area contributed by atoms with E-state index in [4.69, 9.17) is 0 Å². The van der Waals surface area contributed by atoms with Crippen molar-refractivity contribution in [3.63, 3.8) is 0 Å². The molecule has 0 aliphatic heterocycles. The molecule has 3 fully saturated rings. The summed E-state index contributed by atoms with van der Waals surface area (Å²) in [5, 5.41) is 20.1. The van der Waals surface area contributed by atoms with Crippen molar-refractivity contribution >= 4 is 17.3 Å². The summed E-state index contributed by atoms with van der Waals surface area (Å²) in [6.07, 6.45) is 4.37. The van der Waals surface area contributed by atoms with Gasteiger partial charge in [-0.05, 0) is 54.6 Å². The van der Waals surface area contributed by atoms with Gasteiger partial charge in [0.2, 0.25) is 0 Å². The Bertz CT molecular complexity index is 709. The Hall–Kier alpha value is -1.33. The van der Waals surface area contributed by atoms with Gasteiger partial charge in [-0.1, -0.05) is 13.8 Å². The smallest absolute Gasteiger partial charge is 0.161 e. The van der Waals surface area contributed by atoms with Crippen molar-refractivity contribution in [1.82, 2.24) is 0 Å². The van der Waals surface area contributed by atoms with Gasteiger partial charge in [0.15, 0.2) is 11.6 Å². The van der Waals surface area contributed by atoms with Crippen LogP contribution < -0.4 is 0 Å². The van der Waals surface area contributed by atoms with E-state index in [0.29, 0.717) is 32.1 Å². The average Bonchev–Trinajstić information content (AvgIpc) is 2.92. The zero-order valence-electron chi connectivity index (χ0n) is 15.5. The molecule has 0 spiro atoms. The SMILES string of the molecule is C[C@]12CC(=O)[C@H]3[C@@H](C[C@@H](O)C4=CC(=O)CC[C@@]43C)[C@@H]1CC[C@@H]2C(=O)CO. The summed E-state index contributed by atoms with van der Waals surface area (Å²) in [6, 6.07) is 0. The third-order valence-corrected chi connectivity index (χ3v) is 8.21. The third kappa shape index (κ3) is 2.26. The largest absolute Gasteiger partial charge is 0.389 e. The normalized spacial score (nSPS) is 47.7. The second-order valence-corrected chi connectivity index (χ2v) is 9.39. The standard InChI is InChI=1S/C21H28O5/c1-20-6-5-11(23)7-15(20)16(24)8-12-13-3-4-14(18(26)10-22)21(13,2)9-17(25)19(12)20/h7,12-14,16,19,22,24H,3-6,8-10H2,1-2H3/t12-,13-,14+,16+,19+,20-,21-/m0/s1. The molecule has 5 nitrogen and oxygen atoms in total. The Morgan fingerprint density at radius 3 is 2.69 bits per heavy atom. The summed E-state index contributed by atoms with van der Waals surface area (Å²) in [6.45, 7) is 3.60. The predicted molar refractivity (Wildman–Crippen MR) is 94.1 cm³/mol. The van der Waals surface area contributed by atoms with Crippen LogP contribution in [0.4, 0.5) is 0 Å². The van der Waals surface area contributed by atoms with Crippen LogP contribution in [0.25, 0.3) is 0 Å². The highest BCUT2D eigenvalue weighted by molar-refractivity contribution is 5.93. The zero-order valence-corrected chi connectivity index (χ0v) is 15.5. The van der Waals surface area contributed by atoms with Crippen molar-refractivity contribution in [1.29, 1.82) is 0 Å². The zero-order chi connectivity index (χ0) is 18.9. The summed E-state index contributed by atoms with van der Waals surface area (Å²) in [5.41, 5.74) is -0.124. The number of carbonyl (C=O) groups excluding carboxylic acids is 3. The molecule has 4 rings (SSSR count). The van der Waals surface area contributed by atoms with Crippen LogP contribution in [0.3, 0.4) is 0 Å². The molecule has 0 aromatic carbocycles. The number of hydrogen-bond acceptors (Lipinski definition) is 5. The Kier molecular flexibility index (Phi) is 4.05. The monoisotopic (exact) mass is 360 g/mol. The van der Waals surface area contributed by atoms with Gasteiger partial charge < -0.3 is 10.2 Å². The maximum absolute atomic E-state index is 13.3. The molecule has 4 aliphatic rings. The predicted octanol–water partition coefficient (Wildman–Crippen LogP) is 1.85. The number of ketones is 3. The van der Waals surface area contributed by atoms with Crippen LogP contribution in [0.5, 0.6) is 0 Å². The van der Waals surface area contributed by atoms with E-state index in [1.54, 1.807) is 6.08 Å². The minimum atomic E-state index is -0.687. The van der Waals surface area contributed by atoms with Gasteiger partial charge >= 0.3 is 0 Å². The van der Waals surface area contributed by atoms with Crippen molar-refractivity contribution in [2.24, 2.45) is 34.5 Å². The number of fused-ring (bicyclic) bond motifs is 5. The van der Waals surface area contributed by atoms with Crippen molar-refractivity contribution in [3.8, 4) is 0 Å². The van der Waals surface area contributed by atoms with Crippen LogP contribution in [0.1, 0.15) is 52.4 Å². The first-order valence-electron chi connectivity index (χ1n) is 9.81. The highest BCUT2D eigenvalue weighted by Gasteiger charge is 2.64. The van der Waals surface area contributed by atoms with Crippen molar-refractivity contribution in [2.45, 2.75) is 58.5 Å². The molecule has 0 unspecified atom stereocenters. The summed E-state index contributed by atoms with van der Waals surface area (Å²) >= 11 is 0.